The van der Waals surface area contributed by atoms with Crippen molar-refractivity contribution in [2.75, 3.05) is 31.7 Å². The summed E-state index contributed by atoms with van der Waals surface area (Å²) in [6.07, 6.45) is 3.46. The van der Waals surface area contributed by atoms with E-state index in [1.54, 1.807) is 16.7 Å². The van der Waals surface area contributed by atoms with E-state index in [-0.39, 0.29) is 30.8 Å². The van der Waals surface area contributed by atoms with Gasteiger partial charge in [-0.15, -0.1) is 0 Å². The van der Waals surface area contributed by atoms with Crippen LogP contribution in [-0.2, 0) is 14.3 Å². The maximum atomic E-state index is 13.3. The van der Waals surface area contributed by atoms with Crippen LogP contribution in [0.25, 0.3) is 11.1 Å². The first-order valence-electron chi connectivity index (χ1n) is 12.1. The molecule has 1 fully saturated rings. The molecule has 0 aromatic heterocycles. The number of carbonyl (C=O) groups excluding carboxylic acids is 2. The monoisotopic (exact) mass is 496 g/mol. The lowest BCUT2D eigenvalue weighted by Gasteiger charge is -2.34. The van der Waals surface area contributed by atoms with Gasteiger partial charge in [0.2, 0.25) is 5.91 Å². The number of amides is 2. The summed E-state index contributed by atoms with van der Waals surface area (Å²) in [5.41, 5.74) is 4.58. The van der Waals surface area contributed by atoms with Crippen molar-refractivity contribution >= 4 is 29.7 Å². The highest BCUT2D eigenvalue weighted by Gasteiger charge is 2.32. The van der Waals surface area contributed by atoms with Crippen LogP contribution in [0.2, 0.25) is 0 Å². The predicted octanol–water partition coefficient (Wildman–Crippen LogP) is 4.36. The van der Waals surface area contributed by atoms with E-state index in [2.05, 4.69) is 29.6 Å². The summed E-state index contributed by atoms with van der Waals surface area (Å²) in [5, 5.41) is 11.9. The molecule has 1 saturated heterocycles. The lowest BCUT2D eigenvalue weighted by Crippen LogP contribution is -2.51. The number of likely N-dealkylation sites (tertiary alicyclic amines) is 1. The van der Waals surface area contributed by atoms with Crippen LogP contribution in [0.1, 0.15) is 42.7 Å². The number of fused-ring (bicyclic) bond motifs is 3. The minimum Gasteiger partial charge on any atom is -0.481 e. The average Bonchev–Trinajstić information content (AvgIpc) is 3.18. The predicted molar refractivity (Wildman–Crippen MR) is 137 cm³/mol. The normalized spacial score (nSPS) is 17.9. The van der Waals surface area contributed by atoms with Crippen LogP contribution in [0.15, 0.2) is 48.5 Å². The van der Waals surface area contributed by atoms with Crippen molar-refractivity contribution in [3.8, 4) is 11.1 Å². The van der Waals surface area contributed by atoms with E-state index in [4.69, 9.17) is 9.84 Å². The first-order chi connectivity index (χ1) is 17.0. The van der Waals surface area contributed by atoms with Crippen molar-refractivity contribution in [1.29, 1.82) is 0 Å². The molecule has 0 spiro atoms. The Bertz CT molecular complexity index is 1030. The number of carboxylic acid groups (broad SMARTS) is 1. The van der Waals surface area contributed by atoms with Crippen LogP contribution in [0.4, 0.5) is 4.79 Å². The zero-order valence-corrected chi connectivity index (χ0v) is 20.8. The quantitative estimate of drug-likeness (QED) is 0.536. The van der Waals surface area contributed by atoms with Crippen LogP contribution in [0, 0.1) is 5.92 Å². The number of aliphatic carboxylic acids is 1. The van der Waals surface area contributed by atoms with Gasteiger partial charge in [0.25, 0.3) is 0 Å². The highest BCUT2D eigenvalue weighted by atomic mass is 32.2. The highest BCUT2D eigenvalue weighted by molar-refractivity contribution is 7.98. The van der Waals surface area contributed by atoms with Gasteiger partial charge in [-0.3, -0.25) is 9.59 Å². The zero-order chi connectivity index (χ0) is 24.8. The fourth-order valence-corrected chi connectivity index (χ4v) is 5.65. The molecule has 1 heterocycles. The Morgan fingerprint density at radius 1 is 1.11 bits per heavy atom. The van der Waals surface area contributed by atoms with Crippen molar-refractivity contribution in [3.63, 3.8) is 0 Å². The van der Waals surface area contributed by atoms with Crippen LogP contribution >= 0.6 is 11.8 Å². The number of ether oxygens (including phenoxy) is 1. The second-order valence-electron chi connectivity index (χ2n) is 9.19. The maximum absolute atomic E-state index is 13.3. The zero-order valence-electron chi connectivity index (χ0n) is 19.9. The van der Waals surface area contributed by atoms with Gasteiger partial charge in [0.05, 0.1) is 0 Å². The number of alkyl carbamates (subject to hydrolysis) is 1. The summed E-state index contributed by atoms with van der Waals surface area (Å²) in [4.78, 5) is 38.9. The molecule has 1 aliphatic heterocycles. The molecule has 7 nitrogen and oxygen atoms in total. The topological polar surface area (TPSA) is 95.9 Å². The number of thioether (sulfide) groups is 1. The summed E-state index contributed by atoms with van der Waals surface area (Å²) in [6.45, 7) is 1.18. The summed E-state index contributed by atoms with van der Waals surface area (Å²) < 4.78 is 5.66. The van der Waals surface area contributed by atoms with Crippen LogP contribution in [-0.4, -0.2) is 65.7 Å². The first-order valence-corrected chi connectivity index (χ1v) is 13.5. The van der Waals surface area contributed by atoms with Crippen LogP contribution in [0.5, 0.6) is 0 Å². The van der Waals surface area contributed by atoms with Gasteiger partial charge in [-0.1, -0.05) is 48.5 Å². The second-order valence-corrected chi connectivity index (χ2v) is 10.2. The molecule has 186 valence electrons. The molecule has 2 aliphatic rings. The number of hydrogen-bond acceptors (Lipinski definition) is 5. The Hall–Kier alpha value is -3.00. The molecule has 0 saturated carbocycles. The summed E-state index contributed by atoms with van der Waals surface area (Å²) >= 11 is 1.61. The van der Waals surface area contributed by atoms with Crippen molar-refractivity contribution in [3.05, 3.63) is 59.7 Å². The largest absolute Gasteiger partial charge is 0.481 e. The number of nitrogens with one attached hydrogen (secondary N) is 1. The van der Waals surface area contributed by atoms with Gasteiger partial charge in [-0.05, 0) is 59.4 Å². The Morgan fingerprint density at radius 3 is 2.40 bits per heavy atom. The Morgan fingerprint density at radius 2 is 1.77 bits per heavy atom. The van der Waals surface area contributed by atoms with Crippen LogP contribution in [0.3, 0.4) is 0 Å². The molecule has 8 heteroatoms. The molecule has 2 atom stereocenters. The molecule has 1 unspecified atom stereocenters. The summed E-state index contributed by atoms with van der Waals surface area (Å²) in [6, 6.07) is 15.6. The van der Waals surface area contributed by atoms with Gasteiger partial charge in [-0.25, -0.2) is 4.79 Å². The van der Waals surface area contributed by atoms with Gasteiger partial charge >= 0.3 is 12.1 Å². The molecule has 0 radical (unpaired) electrons. The number of carbonyl (C=O) groups is 3. The number of rotatable bonds is 9. The highest BCUT2D eigenvalue weighted by Crippen LogP contribution is 2.44. The number of carboxylic acids is 1. The fraction of sp³-hybridized carbons (Fsp3) is 0.444. The van der Waals surface area contributed by atoms with Crippen molar-refractivity contribution in [1.82, 2.24) is 10.2 Å². The molecule has 0 bridgehead atoms. The SMILES string of the molecule is CSCC[C@H](NC(=O)OCC1c2ccccc2-c2ccccc21)C(=O)N1CCCC(CC(=O)O)C1. The van der Waals surface area contributed by atoms with Gasteiger partial charge in [0, 0.05) is 25.4 Å². The molecule has 2 N–H and O–H groups in total. The maximum Gasteiger partial charge on any atom is 0.407 e. The third-order valence-electron chi connectivity index (χ3n) is 6.84. The van der Waals surface area contributed by atoms with Crippen molar-refractivity contribution < 1.29 is 24.2 Å². The summed E-state index contributed by atoms with van der Waals surface area (Å²) in [7, 11) is 0. The van der Waals surface area contributed by atoms with E-state index < -0.39 is 18.1 Å². The molecule has 2 aromatic rings. The average molecular weight is 497 g/mol. The third-order valence-corrected chi connectivity index (χ3v) is 7.48. The Labute approximate surface area is 210 Å². The first kappa shape index (κ1) is 25.1. The lowest BCUT2D eigenvalue weighted by molar-refractivity contribution is -0.141. The molecule has 2 amide bonds. The Kier molecular flexibility index (Phi) is 8.33. The molecular weight excluding hydrogens is 464 g/mol. The van der Waals surface area contributed by atoms with Gasteiger partial charge < -0.3 is 20.1 Å². The molecule has 2 aromatic carbocycles. The van der Waals surface area contributed by atoms with Gasteiger partial charge in [0.1, 0.15) is 12.6 Å². The van der Waals surface area contributed by atoms with Gasteiger partial charge in [0.15, 0.2) is 0 Å². The lowest BCUT2D eigenvalue weighted by atomic mass is 9.94. The number of hydrogen-bond donors (Lipinski definition) is 2. The third kappa shape index (κ3) is 5.99. The number of nitrogens with zero attached hydrogens (tertiary/aromatic N) is 1. The fourth-order valence-electron chi connectivity index (χ4n) is 5.17. The molecule has 35 heavy (non-hydrogen) atoms. The minimum absolute atomic E-state index is 0.0487. The minimum atomic E-state index is -0.847. The van der Waals surface area contributed by atoms with Crippen molar-refractivity contribution in [2.45, 2.75) is 37.6 Å². The number of piperidine rings is 1. The van der Waals surface area contributed by atoms with E-state index in [1.165, 1.54) is 0 Å². The Balaban J connectivity index is 1.39. The van der Waals surface area contributed by atoms with Crippen LogP contribution < -0.4 is 5.32 Å². The van der Waals surface area contributed by atoms with E-state index in [0.717, 1.165) is 35.1 Å². The molecular formula is C27H32N2O5S. The molecule has 1 aliphatic carbocycles. The smallest absolute Gasteiger partial charge is 0.407 e. The second kappa shape index (κ2) is 11.6. The van der Waals surface area contributed by atoms with E-state index in [9.17, 15) is 14.4 Å². The summed E-state index contributed by atoms with van der Waals surface area (Å²) in [5.74, 6) is -0.400. The van der Waals surface area contributed by atoms with E-state index in [1.807, 2.05) is 30.5 Å². The van der Waals surface area contributed by atoms with Gasteiger partial charge in [-0.2, -0.15) is 11.8 Å². The van der Waals surface area contributed by atoms with E-state index >= 15 is 0 Å². The standard InChI is InChI=1S/C27H32N2O5S/c1-35-14-12-24(26(32)29-13-6-7-18(16-29)15-25(30)31)28-27(33)34-17-23-21-10-4-2-8-19(21)20-9-3-5-11-22(20)23/h2-5,8-11,18,23-24H,6-7,12-17H2,1H3,(H,28,33)(H,30,31)/t18?,24-/m0/s1. The molecule has 4 rings (SSSR count). The number of benzene rings is 2. The van der Waals surface area contributed by atoms with Crippen molar-refractivity contribution in [2.24, 2.45) is 5.92 Å². The van der Waals surface area contributed by atoms with E-state index in [0.29, 0.717) is 25.3 Å².